The van der Waals surface area contributed by atoms with Crippen LogP contribution in [0.15, 0.2) is 30.3 Å². The van der Waals surface area contributed by atoms with E-state index in [4.69, 9.17) is 11.6 Å². The number of halogens is 1. The van der Waals surface area contributed by atoms with E-state index in [1.54, 1.807) is 12.1 Å². The van der Waals surface area contributed by atoms with E-state index in [2.05, 4.69) is 0 Å². The summed E-state index contributed by atoms with van der Waals surface area (Å²) in [6, 6.07) is 9.29. The zero-order valence-corrected chi connectivity index (χ0v) is 11.3. The number of phenolic OH excluding ortho intramolecular Hbond substituents is 1. The number of aromatic hydroxyl groups is 1. The molecule has 0 heterocycles. The molecular formula is C16H13ClO2. The number of fused-ring (bicyclic) bond motifs is 3. The number of ketones is 1. The number of phenols is 1. The average Bonchev–Trinajstić information content (AvgIpc) is 2.50. The number of hydrogen-bond acceptors (Lipinski definition) is 2. The van der Waals surface area contributed by atoms with E-state index in [-0.39, 0.29) is 11.5 Å². The van der Waals surface area contributed by atoms with Gasteiger partial charge in [0.1, 0.15) is 5.75 Å². The lowest BCUT2D eigenvalue weighted by atomic mass is 9.95. The van der Waals surface area contributed by atoms with Crippen LogP contribution in [0.4, 0.5) is 0 Å². The van der Waals surface area contributed by atoms with Gasteiger partial charge in [0.2, 0.25) is 0 Å². The van der Waals surface area contributed by atoms with Crippen molar-refractivity contribution in [1.82, 2.24) is 0 Å². The summed E-state index contributed by atoms with van der Waals surface area (Å²) in [5.74, 6) is 0.217. The molecule has 0 saturated heterocycles. The first kappa shape index (κ1) is 12.2. The minimum atomic E-state index is 0.0726. The van der Waals surface area contributed by atoms with Crippen molar-refractivity contribution < 1.29 is 9.90 Å². The van der Waals surface area contributed by atoms with Gasteiger partial charge in [0.15, 0.2) is 5.78 Å². The largest absolute Gasteiger partial charge is 0.506 e. The van der Waals surface area contributed by atoms with Crippen LogP contribution in [-0.2, 0) is 6.42 Å². The van der Waals surface area contributed by atoms with Crippen LogP contribution in [0, 0.1) is 6.92 Å². The maximum absolute atomic E-state index is 12.2. The number of hydrogen-bond donors (Lipinski definition) is 1. The summed E-state index contributed by atoms with van der Waals surface area (Å²) >= 11 is 6.00. The van der Waals surface area contributed by atoms with Gasteiger partial charge in [0, 0.05) is 12.0 Å². The monoisotopic (exact) mass is 272 g/mol. The molecule has 0 amide bonds. The lowest BCUT2D eigenvalue weighted by Crippen LogP contribution is -1.99. The molecule has 0 fully saturated rings. The van der Waals surface area contributed by atoms with Crippen molar-refractivity contribution in [1.29, 1.82) is 0 Å². The normalized spacial score (nSPS) is 13.7. The van der Waals surface area contributed by atoms with Gasteiger partial charge in [-0.25, -0.2) is 0 Å². The molecule has 3 rings (SSSR count). The summed E-state index contributed by atoms with van der Waals surface area (Å²) in [5.41, 5.74) is 4.65. The highest BCUT2D eigenvalue weighted by Crippen LogP contribution is 2.38. The van der Waals surface area contributed by atoms with E-state index in [0.29, 0.717) is 17.9 Å². The van der Waals surface area contributed by atoms with Gasteiger partial charge in [0.05, 0.1) is 5.02 Å². The van der Waals surface area contributed by atoms with Crippen molar-refractivity contribution in [2.45, 2.75) is 19.8 Å². The smallest absolute Gasteiger partial charge is 0.163 e. The first-order valence-corrected chi connectivity index (χ1v) is 6.59. The molecule has 0 unspecified atom stereocenters. The van der Waals surface area contributed by atoms with Crippen LogP contribution in [-0.4, -0.2) is 10.9 Å². The van der Waals surface area contributed by atoms with Gasteiger partial charge in [-0.2, -0.15) is 0 Å². The van der Waals surface area contributed by atoms with Crippen molar-refractivity contribution in [3.05, 3.63) is 52.0 Å². The lowest BCUT2D eigenvalue weighted by molar-refractivity contribution is 0.0984. The fourth-order valence-corrected chi connectivity index (χ4v) is 2.73. The van der Waals surface area contributed by atoms with E-state index in [1.807, 2.05) is 25.1 Å². The van der Waals surface area contributed by atoms with Crippen molar-refractivity contribution in [2.24, 2.45) is 0 Å². The fourth-order valence-electron chi connectivity index (χ4n) is 2.57. The van der Waals surface area contributed by atoms with Crippen molar-refractivity contribution >= 4 is 17.4 Å². The SMILES string of the molecule is Cc1ccc2c(c1)C(=O)CCc1cc(O)c(Cl)cc1-2. The third kappa shape index (κ3) is 2.02. The molecule has 1 aliphatic rings. The third-order valence-electron chi connectivity index (χ3n) is 3.56. The molecule has 2 aromatic carbocycles. The Bertz CT molecular complexity index is 689. The first-order valence-electron chi connectivity index (χ1n) is 6.22. The molecule has 0 bridgehead atoms. The number of aryl methyl sites for hydroxylation is 2. The van der Waals surface area contributed by atoms with Crippen LogP contribution in [0.2, 0.25) is 5.02 Å². The van der Waals surface area contributed by atoms with Gasteiger partial charge >= 0.3 is 0 Å². The van der Waals surface area contributed by atoms with Gasteiger partial charge in [-0.15, -0.1) is 0 Å². The van der Waals surface area contributed by atoms with Gasteiger partial charge in [0.25, 0.3) is 0 Å². The Labute approximate surface area is 116 Å². The van der Waals surface area contributed by atoms with E-state index in [0.717, 1.165) is 27.8 Å². The molecule has 2 aromatic rings. The topological polar surface area (TPSA) is 37.3 Å². The quantitative estimate of drug-likeness (QED) is 0.782. The van der Waals surface area contributed by atoms with E-state index in [9.17, 15) is 9.90 Å². The van der Waals surface area contributed by atoms with E-state index in [1.165, 1.54) is 0 Å². The number of rotatable bonds is 0. The molecule has 2 nitrogen and oxygen atoms in total. The number of carbonyl (C=O) groups excluding carboxylic acids is 1. The second-order valence-electron chi connectivity index (χ2n) is 4.93. The average molecular weight is 273 g/mol. The standard InChI is InChI=1S/C16H13ClO2/c1-9-2-4-11-12-8-14(17)16(19)7-10(12)3-5-15(18)13(11)6-9/h2,4,6-8,19H,3,5H2,1H3. The Morgan fingerprint density at radius 1 is 1.05 bits per heavy atom. The Hall–Kier alpha value is -1.80. The zero-order valence-electron chi connectivity index (χ0n) is 10.5. The molecule has 1 N–H and O–H groups in total. The molecular weight excluding hydrogens is 260 g/mol. The highest BCUT2D eigenvalue weighted by molar-refractivity contribution is 6.32. The van der Waals surface area contributed by atoms with Crippen LogP contribution in [0.5, 0.6) is 5.75 Å². The molecule has 0 aliphatic heterocycles. The molecule has 3 heteroatoms. The summed E-state index contributed by atoms with van der Waals surface area (Å²) in [5, 5.41) is 10.0. The van der Waals surface area contributed by atoms with Gasteiger partial charge in [-0.1, -0.05) is 29.3 Å². The highest BCUT2D eigenvalue weighted by atomic mass is 35.5. The molecule has 96 valence electrons. The maximum atomic E-state index is 12.2. The molecule has 0 spiro atoms. The Balaban J connectivity index is 2.32. The molecule has 19 heavy (non-hydrogen) atoms. The highest BCUT2D eigenvalue weighted by Gasteiger charge is 2.21. The first-order chi connectivity index (χ1) is 9.06. The van der Waals surface area contributed by atoms with E-state index < -0.39 is 0 Å². The van der Waals surface area contributed by atoms with E-state index >= 15 is 0 Å². The molecule has 0 radical (unpaired) electrons. The number of benzene rings is 2. The molecule has 0 aromatic heterocycles. The number of Topliss-reactive ketones (excluding diaryl/α,β-unsaturated/α-hetero) is 1. The summed E-state index contributed by atoms with van der Waals surface area (Å²) in [6.07, 6.45) is 1.09. The summed E-state index contributed by atoms with van der Waals surface area (Å²) in [7, 11) is 0. The number of carbonyl (C=O) groups is 1. The van der Waals surface area contributed by atoms with Gasteiger partial charge < -0.3 is 5.11 Å². The lowest BCUT2D eigenvalue weighted by Gasteiger charge is -2.11. The maximum Gasteiger partial charge on any atom is 0.163 e. The molecule has 0 atom stereocenters. The Morgan fingerprint density at radius 3 is 2.63 bits per heavy atom. The van der Waals surface area contributed by atoms with Crippen molar-refractivity contribution in [2.75, 3.05) is 0 Å². The predicted molar refractivity (Wildman–Crippen MR) is 75.9 cm³/mol. The van der Waals surface area contributed by atoms with Crippen LogP contribution < -0.4 is 0 Å². The second kappa shape index (κ2) is 4.39. The second-order valence-corrected chi connectivity index (χ2v) is 5.34. The van der Waals surface area contributed by atoms with Gasteiger partial charge in [-0.05, 0) is 48.2 Å². The third-order valence-corrected chi connectivity index (χ3v) is 3.86. The molecule has 0 saturated carbocycles. The van der Waals surface area contributed by atoms with Crippen molar-refractivity contribution in [3.8, 4) is 16.9 Å². The van der Waals surface area contributed by atoms with Crippen LogP contribution in [0.1, 0.15) is 27.9 Å². The predicted octanol–water partition coefficient (Wildman–Crippen LogP) is 4.15. The van der Waals surface area contributed by atoms with Crippen LogP contribution in [0.25, 0.3) is 11.1 Å². The fraction of sp³-hybridized carbons (Fsp3) is 0.188. The summed E-state index contributed by atoms with van der Waals surface area (Å²) < 4.78 is 0. The minimum absolute atomic E-state index is 0.0726. The van der Waals surface area contributed by atoms with Crippen molar-refractivity contribution in [3.63, 3.8) is 0 Å². The van der Waals surface area contributed by atoms with Gasteiger partial charge in [-0.3, -0.25) is 4.79 Å². The Kier molecular flexibility index (Phi) is 2.83. The molecule has 1 aliphatic carbocycles. The Morgan fingerprint density at radius 2 is 1.84 bits per heavy atom. The summed E-state index contributed by atoms with van der Waals surface area (Å²) in [4.78, 5) is 12.2. The minimum Gasteiger partial charge on any atom is -0.506 e. The summed E-state index contributed by atoms with van der Waals surface area (Å²) in [6.45, 7) is 1.98. The van der Waals surface area contributed by atoms with Crippen LogP contribution >= 0.6 is 11.6 Å². The van der Waals surface area contributed by atoms with Crippen LogP contribution in [0.3, 0.4) is 0 Å². The zero-order chi connectivity index (χ0) is 13.6.